The van der Waals surface area contributed by atoms with Crippen LogP contribution < -0.4 is 4.43 Å². The summed E-state index contributed by atoms with van der Waals surface area (Å²) in [6, 6.07) is 6.43. The van der Waals surface area contributed by atoms with E-state index in [1.165, 1.54) is 18.4 Å². The third-order valence-electron chi connectivity index (χ3n) is 2.83. The lowest BCUT2D eigenvalue weighted by molar-refractivity contribution is 0.338. The normalized spacial score (nSPS) is 12.7. The van der Waals surface area contributed by atoms with Crippen LogP contribution in [0.25, 0.3) is 0 Å². The second-order valence-corrected chi connectivity index (χ2v) is 16.5. The highest BCUT2D eigenvalue weighted by Gasteiger charge is 2.19. The monoisotopic (exact) mass is 337 g/mol. The number of aryl methyl sites for hydroxylation is 1. The summed E-state index contributed by atoms with van der Waals surface area (Å²) in [7, 11) is -3.28. The van der Waals surface area contributed by atoms with Gasteiger partial charge in [-0.15, -0.1) is 5.16 Å². The van der Waals surface area contributed by atoms with Gasteiger partial charge in [0, 0.05) is 5.56 Å². The Morgan fingerprint density at radius 3 is 2.27 bits per heavy atom. The van der Waals surface area contributed by atoms with Crippen LogP contribution in [0.4, 0.5) is 0 Å². The zero-order chi connectivity index (χ0) is 16.8. The Morgan fingerprint density at radius 1 is 1.05 bits per heavy atom. The molecule has 124 valence electrons. The maximum absolute atomic E-state index is 6.18. The van der Waals surface area contributed by atoms with Crippen molar-refractivity contribution in [3.63, 3.8) is 0 Å². The number of benzene rings is 1. The summed E-state index contributed by atoms with van der Waals surface area (Å²) in [6.07, 6.45) is 5.31. The Morgan fingerprint density at radius 2 is 1.73 bits per heavy atom. The molecule has 0 amide bonds. The highest BCUT2D eigenvalue weighted by Crippen LogP contribution is 2.23. The van der Waals surface area contributed by atoms with Gasteiger partial charge in [0.25, 0.3) is 8.32 Å². The van der Waals surface area contributed by atoms with E-state index in [1.54, 1.807) is 0 Å². The van der Waals surface area contributed by atoms with Crippen LogP contribution in [0.1, 0.15) is 30.9 Å². The maximum atomic E-state index is 6.18. The van der Waals surface area contributed by atoms with Crippen LogP contribution in [0.15, 0.2) is 23.4 Å². The molecular weight excluding hydrogens is 306 g/mol. The van der Waals surface area contributed by atoms with E-state index >= 15 is 0 Å². The second kappa shape index (κ2) is 7.97. The first-order valence-corrected chi connectivity index (χ1v) is 15.0. The lowest BCUT2D eigenvalue weighted by Crippen LogP contribution is -2.29. The topological polar surface area (TPSA) is 30.8 Å². The van der Waals surface area contributed by atoms with Crippen molar-refractivity contribution in [3.05, 3.63) is 29.3 Å². The highest BCUT2D eigenvalue weighted by atomic mass is 28.4. The van der Waals surface area contributed by atoms with Crippen molar-refractivity contribution >= 4 is 22.8 Å². The largest absolute Gasteiger partial charge is 0.544 e. The van der Waals surface area contributed by atoms with Gasteiger partial charge in [-0.2, -0.15) is 0 Å². The van der Waals surface area contributed by atoms with Crippen LogP contribution in [0.2, 0.25) is 39.3 Å². The van der Waals surface area contributed by atoms with Gasteiger partial charge in [-0.1, -0.05) is 19.4 Å². The third kappa shape index (κ3) is 7.80. The van der Waals surface area contributed by atoms with Crippen LogP contribution in [0.5, 0.6) is 5.75 Å². The standard InChI is InChI=1S/C17H31NO2Si2/c1-8-9-10-15-11-12-17(19-21(2,3)4)16(13-15)14-18-20-22(5,6)7/h11-14H,8-10H2,1-7H3. The van der Waals surface area contributed by atoms with Crippen molar-refractivity contribution in [2.45, 2.75) is 65.5 Å². The molecule has 0 N–H and O–H groups in total. The fourth-order valence-corrected chi connectivity index (χ4v) is 3.11. The number of nitrogens with zero attached hydrogens (tertiary/aromatic N) is 1. The van der Waals surface area contributed by atoms with Gasteiger partial charge in [0.05, 0.1) is 6.21 Å². The lowest BCUT2D eigenvalue weighted by Gasteiger charge is -2.21. The molecule has 0 spiro atoms. The number of rotatable bonds is 8. The smallest absolute Gasteiger partial charge is 0.278 e. The predicted octanol–water partition coefficient (Wildman–Crippen LogP) is 5.43. The molecule has 0 aromatic heterocycles. The van der Waals surface area contributed by atoms with E-state index in [2.05, 4.69) is 69.6 Å². The lowest BCUT2D eigenvalue weighted by atomic mass is 10.1. The van der Waals surface area contributed by atoms with Crippen molar-refractivity contribution in [2.75, 3.05) is 0 Å². The predicted molar refractivity (Wildman–Crippen MR) is 101 cm³/mol. The Balaban J connectivity index is 3.00. The molecule has 0 aliphatic heterocycles. The van der Waals surface area contributed by atoms with Gasteiger partial charge < -0.3 is 8.95 Å². The zero-order valence-electron chi connectivity index (χ0n) is 15.2. The minimum atomic E-state index is -1.64. The second-order valence-electron chi connectivity index (χ2n) is 7.63. The first kappa shape index (κ1) is 19.0. The maximum Gasteiger partial charge on any atom is 0.278 e. The SMILES string of the molecule is CCCCc1ccc(O[Si](C)(C)C)c(C=NO[Si](C)(C)C)c1. The molecule has 0 atom stereocenters. The van der Waals surface area contributed by atoms with Crippen molar-refractivity contribution < 1.29 is 8.95 Å². The summed E-state index contributed by atoms with van der Waals surface area (Å²) in [5, 5.41) is 4.20. The average molecular weight is 338 g/mol. The zero-order valence-corrected chi connectivity index (χ0v) is 17.2. The summed E-state index contributed by atoms with van der Waals surface area (Å²) in [5.74, 6) is 0.919. The van der Waals surface area contributed by atoms with Crippen LogP contribution in [-0.4, -0.2) is 22.8 Å². The van der Waals surface area contributed by atoms with Crippen molar-refractivity contribution in [2.24, 2.45) is 5.16 Å². The van der Waals surface area contributed by atoms with E-state index < -0.39 is 16.6 Å². The first-order chi connectivity index (χ1) is 10.1. The van der Waals surface area contributed by atoms with E-state index in [0.29, 0.717) is 0 Å². The molecule has 0 aliphatic carbocycles. The number of unbranched alkanes of at least 4 members (excludes halogenated alkanes) is 1. The summed E-state index contributed by atoms with van der Waals surface area (Å²) in [5.41, 5.74) is 2.36. The summed E-state index contributed by atoms with van der Waals surface area (Å²) in [6.45, 7) is 15.2. The molecule has 0 heterocycles. The Bertz CT molecular complexity index is 502. The van der Waals surface area contributed by atoms with Crippen LogP contribution in [-0.2, 0) is 10.9 Å². The van der Waals surface area contributed by atoms with Gasteiger partial charge >= 0.3 is 0 Å². The van der Waals surface area contributed by atoms with E-state index in [9.17, 15) is 0 Å². The van der Waals surface area contributed by atoms with Gasteiger partial charge in [-0.05, 0) is 69.8 Å². The molecule has 0 unspecified atom stereocenters. The van der Waals surface area contributed by atoms with Crippen LogP contribution in [0, 0.1) is 0 Å². The van der Waals surface area contributed by atoms with Gasteiger partial charge in [-0.25, -0.2) is 0 Å². The number of hydrogen-bond donors (Lipinski definition) is 0. The fourth-order valence-electron chi connectivity index (χ4n) is 1.90. The molecule has 5 heteroatoms. The van der Waals surface area contributed by atoms with E-state index in [-0.39, 0.29) is 0 Å². The molecule has 3 nitrogen and oxygen atoms in total. The van der Waals surface area contributed by atoms with Gasteiger partial charge in [0.1, 0.15) is 5.75 Å². The Kier molecular flexibility index (Phi) is 6.87. The van der Waals surface area contributed by atoms with Crippen molar-refractivity contribution in [3.8, 4) is 5.75 Å². The molecule has 0 saturated heterocycles. The molecule has 0 aliphatic rings. The number of hydrogen-bond acceptors (Lipinski definition) is 3. The third-order valence-corrected chi connectivity index (χ3v) is 4.31. The van der Waals surface area contributed by atoms with Crippen LogP contribution >= 0.6 is 0 Å². The molecule has 0 fully saturated rings. The van der Waals surface area contributed by atoms with E-state index in [0.717, 1.165) is 17.7 Å². The summed E-state index contributed by atoms with van der Waals surface area (Å²) in [4.78, 5) is 0. The molecule has 0 bridgehead atoms. The van der Waals surface area contributed by atoms with Crippen molar-refractivity contribution in [1.29, 1.82) is 0 Å². The van der Waals surface area contributed by atoms with Crippen LogP contribution in [0.3, 0.4) is 0 Å². The minimum absolute atomic E-state index is 0.919. The molecule has 22 heavy (non-hydrogen) atoms. The quantitative estimate of drug-likeness (QED) is 0.360. The molecule has 0 radical (unpaired) electrons. The van der Waals surface area contributed by atoms with Gasteiger partial charge in [0.2, 0.25) is 8.32 Å². The van der Waals surface area contributed by atoms with Crippen molar-refractivity contribution in [1.82, 2.24) is 0 Å². The Hall–Kier alpha value is -1.08. The number of oxime groups is 1. The summed E-state index contributed by atoms with van der Waals surface area (Å²) < 4.78 is 11.8. The molecule has 0 saturated carbocycles. The summed E-state index contributed by atoms with van der Waals surface area (Å²) >= 11 is 0. The van der Waals surface area contributed by atoms with Gasteiger partial charge in [-0.3, -0.25) is 0 Å². The fraction of sp³-hybridized carbons (Fsp3) is 0.588. The minimum Gasteiger partial charge on any atom is -0.544 e. The Labute approximate surface area is 138 Å². The first-order valence-electron chi connectivity index (χ1n) is 8.14. The molecule has 1 aromatic carbocycles. The molecule has 1 rings (SSSR count). The molecule has 1 aromatic rings. The average Bonchev–Trinajstić information content (AvgIpc) is 2.35. The van der Waals surface area contributed by atoms with E-state index in [1.807, 2.05) is 6.21 Å². The van der Waals surface area contributed by atoms with E-state index in [4.69, 9.17) is 8.95 Å². The highest BCUT2D eigenvalue weighted by molar-refractivity contribution is 6.70. The molecular formula is C17H31NO2Si2. The van der Waals surface area contributed by atoms with Gasteiger partial charge in [0.15, 0.2) is 0 Å².